The van der Waals surface area contributed by atoms with Crippen molar-refractivity contribution in [2.45, 2.75) is 78.6 Å². The molecule has 0 amide bonds. The summed E-state index contributed by atoms with van der Waals surface area (Å²) < 4.78 is 0. The van der Waals surface area contributed by atoms with Gasteiger partial charge in [0.05, 0.1) is 0 Å². The van der Waals surface area contributed by atoms with Crippen molar-refractivity contribution in [2.75, 3.05) is 0 Å². The first kappa shape index (κ1) is 16.4. The summed E-state index contributed by atoms with van der Waals surface area (Å²) >= 11 is 0. The van der Waals surface area contributed by atoms with Crippen LogP contribution in [0.15, 0.2) is 12.2 Å². The molecule has 0 aromatic heterocycles. The summed E-state index contributed by atoms with van der Waals surface area (Å²) in [5, 5.41) is 0. The second kappa shape index (κ2) is 11.9. The van der Waals surface area contributed by atoms with Gasteiger partial charge in [-0.1, -0.05) is 64.9 Å². The molecule has 0 rings (SSSR count). The summed E-state index contributed by atoms with van der Waals surface area (Å²) in [7, 11) is 0. The van der Waals surface area contributed by atoms with Gasteiger partial charge in [-0.05, 0) is 31.8 Å². The molecule has 1 nitrogen and oxygen atoms in total. The largest absolute Gasteiger partial charge is 0.295 e. The van der Waals surface area contributed by atoms with Crippen LogP contribution in [0.25, 0.3) is 0 Å². The predicted octanol–water partition coefficient (Wildman–Crippen LogP) is 5.30. The van der Waals surface area contributed by atoms with Gasteiger partial charge in [-0.2, -0.15) is 0 Å². The van der Waals surface area contributed by atoms with E-state index in [1.54, 1.807) is 13.0 Å². The van der Waals surface area contributed by atoms with Crippen LogP contribution in [0.1, 0.15) is 78.6 Å². The van der Waals surface area contributed by atoms with Gasteiger partial charge < -0.3 is 0 Å². The molecule has 0 spiro atoms. The van der Waals surface area contributed by atoms with Crippen molar-refractivity contribution in [1.82, 2.24) is 0 Å². The fraction of sp³-hybridized carbons (Fsp3) is 0.812. The van der Waals surface area contributed by atoms with Crippen LogP contribution in [0.4, 0.5) is 0 Å². The molecule has 0 aromatic carbocycles. The normalized spacial score (nSPS) is 13.1. The second-order valence-corrected chi connectivity index (χ2v) is 5.23. The number of unbranched alkanes of at least 4 members (excludes halogenated alkanes) is 6. The Balaban J connectivity index is 3.11. The fourth-order valence-corrected chi connectivity index (χ4v) is 1.92. The quantitative estimate of drug-likeness (QED) is 0.353. The summed E-state index contributed by atoms with van der Waals surface area (Å²) in [6.45, 7) is 6.23. The van der Waals surface area contributed by atoms with Gasteiger partial charge in [0.1, 0.15) is 0 Å². The lowest BCUT2D eigenvalue weighted by Crippen LogP contribution is -1.91. The Hall–Kier alpha value is -0.590. The zero-order valence-electron chi connectivity index (χ0n) is 12.0. The molecule has 0 aliphatic carbocycles. The first-order chi connectivity index (χ1) is 8.16. The summed E-state index contributed by atoms with van der Waals surface area (Å²) in [4.78, 5) is 10.6. The average Bonchev–Trinajstić information content (AvgIpc) is 2.30. The van der Waals surface area contributed by atoms with E-state index >= 15 is 0 Å². The van der Waals surface area contributed by atoms with E-state index in [1.807, 2.05) is 6.08 Å². The highest BCUT2D eigenvalue weighted by Gasteiger charge is 1.97. The zero-order chi connectivity index (χ0) is 12.9. The molecule has 0 saturated carbocycles. The van der Waals surface area contributed by atoms with E-state index in [2.05, 4.69) is 13.8 Å². The molecule has 0 fully saturated rings. The van der Waals surface area contributed by atoms with Gasteiger partial charge >= 0.3 is 0 Å². The van der Waals surface area contributed by atoms with Gasteiger partial charge in [0.15, 0.2) is 5.78 Å². The van der Waals surface area contributed by atoms with Gasteiger partial charge in [-0.25, -0.2) is 0 Å². The van der Waals surface area contributed by atoms with Crippen molar-refractivity contribution < 1.29 is 4.79 Å². The Bertz CT molecular complexity index is 206. The lowest BCUT2D eigenvalue weighted by molar-refractivity contribution is -0.112. The molecule has 0 heterocycles. The molecule has 100 valence electrons. The van der Waals surface area contributed by atoms with Crippen LogP contribution in [-0.2, 0) is 4.79 Å². The Morgan fingerprint density at radius 2 is 1.65 bits per heavy atom. The van der Waals surface area contributed by atoms with E-state index in [4.69, 9.17) is 0 Å². The minimum atomic E-state index is 0.162. The van der Waals surface area contributed by atoms with Crippen molar-refractivity contribution in [3.63, 3.8) is 0 Å². The molecule has 1 heteroatoms. The Morgan fingerprint density at radius 3 is 2.24 bits per heavy atom. The lowest BCUT2D eigenvalue weighted by Gasteiger charge is -2.07. The van der Waals surface area contributed by atoms with Crippen molar-refractivity contribution in [3.05, 3.63) is 12.2 Å². The molecule has 0 bridgehead atoms. The minimum Gasteiger partial charge on any atom is -0.295 e. The van der Waals surface area contributed by atoms with E-state index in [1.165, 1.54) is 51.4 Å². The van der Waals surface area contributed by atoms with Crippen LogP contribution in [0.2, 0.25) is 0 Å². The first-order valence-electron chi connectivity index (χ1n) is 7.34. The van der Waals surface area contributed by atoms with Gasteiger partial charge in [0.25, 0.3) is 0 Å². The number of rotatable bonds is 11. The first-order valence-corrected chi connectivity index (χ1v) is 7.34. The van der Waals surface area contributed by atoms with Gasteiger partial charge in [0, 0.05) is 0 Å². The van der Waals surface area contributed by atoms with E-state index in [0.717, 1.165) is 12.3 Å². The molecule has 1 unspecified atom stereocenters. The van der Waals surface area contributed by atoms with Crippen molar-refractivity contribution in [1.29, 1.82) is 0 Å². The second-order valence-electron chi connectivity index (χ2n) is 5.23. The van der Waals surface area contributed by atoms with Crippen LogP contribution in [0, 0.1) is 5.92 Å². The number of hydrogen-bond acceptors (Lipinski definition) is 1. The highest BCUT2D eigenvalue weighted by atomic mass is 16.1. The van der Waals surface area contributed by atoms with Crippen LogP contribution >= 0.6 is 0 Å². The van der Waals surface area contributed by atoms with Crippen LogP contribution < -0.4 is 0 Å². The van der Waals surface area contributed by atoms with Gasteiger partial charge in [0.2, 0.25) is 0 Å². The van der Waals surface area contributed by atoms with Crippen molar-refractivity contribution in [3.8, 4) is 0 Å². The molecule has 0 saturated heterocycles. The highest BCUT2D eigenvalue weighted by Crippen LogP contribution is 2.14. The van der Waals surface area contributed by atoms with E-state index in [-0.39, 0.29) is 5.78 Å². The predicted molar refractivity (Wildman–Crippen MR) is 76.2 cm³/mol. The summed E-state index contributed by atoms with van der Waals surface area (Å²) in [5.41, 5.74) is 0. The third-order valence-electron chi connectivity index (χ3n) is 3.37. The molecular weight excluding hydrogens is 208 g/mol. The standard InChI is InChI=1S/C16H30O/c1-4-15(2)13-11-9-7-5-6-8-10-12-14-16(3)17/h12,14-15H,4-11,13H2,1-3H3. The van der Waals surface area contributed by atoms with Gasteiger partial charge in [-0.3, -0.25) is 4.79 Å². The van der Waals surface area contributed by atoms with Crippen molar-refractivity contribution in [2.24, 2.45) is 5.92 Å². The lowest BCUT2D eigenvalue weighted by atomic mass is 10.00. The van der Waals surface area contributed by atoms with Crippen LogP contribution in [-0.4, -0.2) is 5.78 Å². The third kappa shape index (κ3) is 13.3. The molecule has 0 radical (unpaired) electrons. The molecular formula is C16H30O. The SMILES string of the molecule is CCC(C)CCCCCCCCC=CC(C)=O. The Labute approximate surface area is 108 Å². The minimum absolute atomic E-state index is 0.162. The maximum absolute atomic E-state index is 10.6. The number of allylic oxidation sites excluding steroid dienone is 2. The van der Waals surface area contributed by atoms with E-state index in [0.29, 0.717) is 0 Å². The molecule has 0 aliphatic rings. The fourth-order valence-electron chi connectivity index (χ4n) is 1.92. The summed E-state index contributed by atoms with van der Waals surface area (Å²) in [6.07, 6.45) is 15.6. The van der Waals surface area contributed by atoms with E-state index < -0.39 is 0 Å². The molecule has 17 heavy (non-hydrogen) atoms. The third-order valence-corrected chi connectivity index (χ3v) is 3.37. The Morgan fingerprint density at radius 1 is 1.06 bits per heavy atom. The van der Waals surface area contributed by atoms with Crippen molar-refractivity contribution >= 4 is 5.78 Å². The topological polar surface area (TPSA) is 17.1 Å². The highest BCUT2D eigenvalue weighted by molar-refractivity contribution is 5.87. The maximum atomic E-state index is 10.6. The number of ketones is 1. The average molecular weight is 238 g/mol. The molecule has 0 aromatic rings. The smallest absolute Gasteiger partial charge is 0.152 e. The van der Waals surface area contributed by atoms with Gasteiger partial charge in [-0.15, -0.1) is 0 Å². The van der Waals surface area contributed by atoms with Crippen LogP contribution in [0.3, 0.4) is 0 Å². The molecule has 0 aliphatic heterocycles. The number of carbonyl (C=O) groups excluding carboxylic acids is 1. The maximum Gasteiger partial charge on any atom is 0.152 e. The monoisotopic (exact) mass is 238 g/mol. The zero-order valence-corrected chi connectivity index (χ0v) is 12.0. The molecule has 1 atom stereocenters. The molecule has 0 N–H and O–H groups in total. The van der Waals surface area contributed by atoms with E-state index in [9.17, 15) is 4.79 Å². The number of carbonyl (C=O) groups is 1. The Kier molecular flexibility index (Phi) is 11.5. The van der Waals surface area contributed by atoms with Crippen LogP contribution in [0.5, 0.6) is 0 Å². The number of hydrogen-bond donors (Lipinski definition) is 0. The summed E-state index contributed by atoms with van der Waals surface area (Å²) in [5.74, 6) is 1.07. The summed E-state index contributed by atoms with van der Waals surface area (Å²) in [6, 6.07) is 0.